The van der Waals surface area contributed by atoms with E-state index in [1.807, 2.05) is 19.9 Å². The molecule has 90 valence electrons. The molecule has 6 heteroatoms. The lowest BCUT2D eigenvalue weighted by molar-refractivity contribution is -0.122. The zero-order valence-corrected chi connectivity index (χ0v) is 12.3. The first kappa shape index (κ1) is 14.0. The van der Waals surface area contributed by atoms with Gasteiger partial charge in [-0.3, -0.25) is 4.79 Å². The molecule has 1 rings (SSSR count). The molecule has 0 fully saturated rings. The maximum atomic E-state index is 11.4. The number of nitrogens with one attached hydrogen (secondary N) is 2. The van der Waals surface area contributed by atoms with E-state index in [9.17, 15) is 4.79 Å². The van der Waals surface area contributed by atoms with Crippen LogP contribution in [0.3, 0.4) is 0 Å². The van der Waals surface area contributed by atoms with Crippen molar-refractivity contribution in [3.05, 3.63) is 19.8 Å². The fourth-order valence-electron chi connectivity index (χ4n) is 1.15. The normalized spacial score (nSPS) is 12.5. The maximum absolute atomic E-state index is 11.4. The second-order valence-electron chi connectivity index (χ2n) is 3.33. The van der Waals surface area contributed by atoms with E-state index in [0.717, 1.165) is 13.7 Å². The Hall–Kier alpha value is -0.100. The van der Waals surface area contributed by atoms with Gasteiger partial charge in [0.05, 0.1) is 6.04 Å². The predicted molar refractivity (Wildman–Crippen MR) is 72.0 cm³/mol. The summed E-state index contributed by atoms with van der Waals surface area (Å²) in [6, 6.07) is 1.77. The van der Waals surface area contributed by atoms with Gasteiger partial charge >= 0.3 is 0 Å². The minimum Gasteiger partial charge on any atom is -0.355 e. The molecule has 0 radical (unpaired) electrons. The lowest BCUT2D eigenvalue weighted by atomic mass is 10.3. The molecule has 0 bridgehead atoms. The van der Waals surface area contributed by atoms with Crippen molar-refractivity contribution in [2.24, 2.45) is 0 Å². The highest BCUT2D eigenvalue weighted by Gasteiger charge is 2.11. The third-order valence-electron chi connectivity index (χ3n) is 2.02. The Morgan fingerprint density at radius 1 is 1.69 bits per heavy atom. The largest absolute Gasteiger partial charge is 0.355 e. The van der Waals surface area contributed by atoms with Crippen molar-refractivity contribution < 1.29 is 4.79 Å². The van der Waals surface area contributed by atoms with Crippen molar-refractivity contribution in [1.82, 2.24) is 10.6 Å². The monoisotopic (exact) mass is 324 g/mol. The summed E-state index contributed by atoms with van der Waals surface area (Å²) in [6.45, 7) is 5.05. The van der Waals surface area contributed by atoms with Crippen LogP contribution < -0.4 is 10.6 Å². The molecule has 0 aliphatic rings. The van der Waals surface area contributed by atoms with Crippen LogP contribution in [-0.4, -0.2) is 18.5 Å². The van der Waals surface area contributed by atoms with E-state index in [1.54, 1.807) is 0 Å². The molecule has 0 aliphatic heterocycles. The summed E-state index contributed by atoms with van der Waals surface area (Å²) in [5.74, 6) is 0.0178. The van der Waals surface area contributed by atoms with Crippen LogP contribution in [0, 0.1) is 0 Å². The molecule has 0 spiro atoms. The maximum Gasteiger partial charge on any atom is 0.236 e. The highest BCUT2D eigenvalue weighted by atomic mass is 79.9. The van der Waals surface area contributed by atoms with E-state index in [4.69, 9.17) is 11.6 Å². The average molecular weight is 326 g/mol. The van der Waals surface area contributed by atoms with Gasteiger partial charge < -0.3 is 10.6 Å². The molecular formula is C10H14BrClN2OS. The SMILES string of the molecule is CCNC(=O)C(C)NCc1cc(Br)c(Cl)s1. The van der Waals surface area contributed by atoms with Gasteiger partial charge in [-0.1, -0.05) is 11.6 Å². The van der Waals surface area contributed by atoms with Gasteiger partial charge in [-0.05, 0) is 35.8 Å². The zero-order chi connectivity index (χ0) is 12.1. The Kier molecular flexibility index (Phi) is 5.75. The lowest BCUT2D eigenvalue weighted by Crippen LogP contribution is -2.41. The Morgan fingerprint density at radius 2 is 2.38 bits per heavy atom. The van der Waals surface area contributed by atoms with E-state index >= 15 is 0 Å². The van der Waals surface area contributed by atoms with Crippen LogP contribution in [0.5, 0.6) is 0 Å². The molecule has 0 saturated heterocycles. The van der Waals surface area contributed by atoms with E-state index in [1.165, 1.54) is 11.3 Å². The van der Waals surface area contributed by atoms with Crippen molar-refractivity contribution in [3.8, 4) is 0 Å². The van der Waals surface area contributed by atoms with Gasteiger partial charge in [-0.2, -0.15) is 0 Å². The summed E-state index contributed by atoms with van der Waals surface area (Å²) >= 11 is 10.8. The molecule has 1 aromatic rings. The number of carbonyl (C=O) groups excluding carboxylic acids is 1. The number of rotatable bonds is 5. The van der Waals surface area contributed by atoms with Crippen molar-refractivity contribution in [1.29, 1.82) is 0 Å². The molecule has 16 heavy (non-hydrogen) atoms. The van der Waals surface area contributed by atoms with Crippen molar-refractivity contribution in [3.63, 3.8) is 0 Å². The van der Waals surface area contributed by atoms with Gasteiger partial charge in [-0.25, -0.2) is 0 Å². The van der Waals surface area contributed by atoms with Crippen LogP contribution in [0.2, 0.25) is 4.34 Å². The Labute approximate surface area is 113 Å². The second-order valence-corrected chi connectivity index (χ2v) is 5.92. The number of carbonyl (C=O) groups is 1. The number of hydrogen-bond donors (Lipinski definition) is 2. The van der Waals surface area contributed by atoms with Gasteiger partial charge in [0.1, 0.15) is 4.34 Å². The summed E-state index contributed by atoms with van der Waals surface area (Å²) in [7, 11) is 0. The predicted octanol–water partition coefficient (Wildman–Crippen LogP) is 2.78. The third-order valence-corrected chi connectivity index (χ3v) is 4.50. The summed E-state index contributed by atoms with van der Waals surface area (Å²) in [6.07, 6.45) is 0. The first-order valence-corrected chi connectivity index (χ1v) is 6.98. The number of amides is 1. The van der Waals surface area contributed by atoms with Gasteiger partial charge in [0.25, 0.3) is 0 Å². The van der Waals surface area contributed by atoms with Crippen molar-refractivity contribution >= 4 is 44.8 Å². The first-order valence-electron chi connectivity index (χ1n) is 4.99. The molecule has 1 unspecified atom stereocenters. The van der Waals surface area contributed by atoms with E-state index in [2.05, 4.69) is 26.6 Å². The highest BCUT2D eigenvalue weighted by molar-refractivity contribution is 9.10. The summed E-state index contributed by atoms with van der Waals surface area (Å²) in [5.41, 5.74) is 0. The molecule has 0 aromatic carbocycles. The minimum atomic E-state index is -0.195. The molecule has 0 aliphatic carbocycles. The lowest BCUT2D eigenvalue weighted by Gasteiger charge is -2.12. The van der Waals surface area contributed by atoms with Crippen LogP contribution >= 0.6 is 38.9 Å². The van der Waals surface area contributed by atoms with Crippen molar-refractivity contribution in [2.75, 3.05) is 6.54 Å². The topological polar surface area (TPSA) is 41.1 Å². The highest BCUT2D eigenvalue weighted by Crippen LogP contribution is 2.31. The minimum absolute atomic E-state index is 0.0178. The zero-order valence-electron chi connectivity index (χ0n) is 9.14. The van der Waals surface area contributed by atoms with Gasteiger partial charge in [0.2, 0.25) is 5.91 Å². The standard InChI is InChI=1S/C10H14BrClN2OS/c1-3-13-10(15)6(2)14-5-7-4-8(11)9(12)16-7/h4,6,14H,3,5H2,1-2H3,(H,13,15). The van der Waals surface area contributed by atoms with E-state index in [0.29, 0.717) is 13.1 Å². The molecule has 1 atom stereocenters. The number of thiophene rings is 1. The molecule has 2 N–H and O–H groups in total. The summed E-state index contributed by atoms with van der Waals surface area (Å²) in [4.78, 5) is 12.5. The molecule has 0 saturated carbocycles. The quantitative estimate of drug-likeness (QED) is 0.874. The fourth-order valence-corrected chi connectivity index (χ4v) is 2.89. The molecule has 1 amide bonds. The first-order chi connectivity index (χ1) is 7.54. The molecular weight excluding hydrogens is 312 g/mol. The average Bonchev–Trinajstić information content (AvgIpc) is 2.55. The Morgan fingerprint density at radius 3 is 2.88 bits per heavy atom. The van der Waals surface area contributed by atoms with Gasteiger partial charge in [0.15, 0.2) is 0 Å². The van der Waals surface area contributed by atoms with Crippen LogP contribution in [0.15, 0.2) is 10.5 Å². The molecule has 3 nitrogen and oxygen atoms in total. The van der Waals surface area contributed by atoms with Crippen LogP contribution in [0.4, 0.5) is 0 Å². The van der Waals surface area contributed by atoms with E-state index < -0.39 is 0 Å². The van der Waals surface area contributed by atoms with Gasteiger partial charge in [-0.15, -0.1) is 11.3 Å². The number of likely N-dealkylation sites (N-methyl/N-ethyl adjacent to an activating group) is 1. The third kappa shape index (κ3) is 4.05. The second kappa shape index (κ2) is 6.59. The summed E-state index contributed by atoms with van der Waals surface area (Å²) < 4.78 is 1.64. The smallest absolute Gasteiger partial charge is 0.236 e. The van der Waals surface area contributed by atoms with Crippen LogP contribution in [-0.2, 0) is 11.3 Å². The van der Waals surface area contributed by atoms with Crippen LogP contribution in [0.1, 0.15) is 18.7 Å². The molecule has 1 heterocycles. The fraction of sp³-hybridized carbons (Fsp3) is 0.500. The van der Waals surface area contributed by atoms with Crippen LogP contribution in [0.25, 0.3) is 0 Å². The van der Waals surface area contributed by atoms with Gasteiger partial charge in [0, 0.05) is 22.4 Å². The Balaban J connectivity index is 2.42. The van der Waals surface area contributed by atoms with Crippen molar-refractivity contribution in [2.45, 2.75) is 26.4 Å². The Bertz CT molecular complexity index is 350. The van der Waals surface area contributed by atoms with E-state index in [-0.39, 0.29) is 11.9 Å². The molecule has 1 aromatic heterocycles. The number of halogens is 2. The summed E-state index contributed by atoms with van der Waals surface area (Å²) in [5, 5.41) is 5.91. The number of hydrogen-bond acceptors (Lipinski definition) is 3.